The zero-order chi connectivity index (χ0) is 22.1. The lowest BCUT2D eigenvalue weighted by Gasteiger charge is -2.33. The molecule has 1 heterocycles. The molecule has 2 aliphatic rings. The van der Waals surface area contributed by atoms with Gasteiger partial charge in [0.1, 0.15) is 6.04 Å². The van der Waals surface area contributed by atoms with Crippen molar-refractivity contribution >= 4 is 16.0 Å². The molecule has 1 fully saturated rings. The van der Waals surface area contributed by atoms with Gasteiger partial charge in [-0.3, -0.25) is 4.31 Å². The highest BCUT2D eigenvalue weighted by atomic mass is 32.2. The van der Waals surface area contributed by atoms with E-state index in [1.54, 1.807) is 24.3 Å². The zero-order valence-electron chi connectivity index (χ0n) is 18.6. The van der Waals surface area contributed by atoms with Gasteiger partial charge in [-0.05, 0) is 68.6 Å². The molecule has 6 heteroatoms. The number of rotatable bonds is 4. The minimum absolute atomic E-state index is 0.195. The highest BCUT2D eigenvalue weighted by molar-refractivity contribution is 7.89. The first-order valence-corrected chi connectivity index (χ1v) is 12.1. The molecule has 1 unspecified atom stereocenters. The van der Waals surface area contributed by atoms with Crippen molar-refractivity contribution in [3.8, 4) is 0 Å². The van der Waals surface area contributed by atoms with E-state index in [-0.39, 0.29) is 10.3 Å². The molecule has 1 aromatic carbocycles. The van der Waals surface area contributed by atoms with E-state index in [0.717, 1.165) is 30.4 Å². The Kier molecular flexibility index (Phi) is 6.46. The fourth-order valence-electron chi connectivity index (χ4n) is 4.33. The number of carbonyl (C=O) groups excluding carboxylic acids is 1. The predicted molar refractivity (Wildman–Crippen MR) is 118 cm³/mol. The van der Waals surface area contributed by atoms with Crippen LogP contribution in [0.25, 0.3) is 0 Å². The van der Waals surface area contributed by atoms with Crippen LogP contribution in [0.3, 0.4) is 0 Å². The maximum absolute atomic E-state index is 13.5. The van der Waals surface area contributed by atoms with Gasteiger partial charge in [0.05, 0.1) is 12.0 Å². The Morgan fingerprint density at radius 2 is 1.80 bits per heavy atom. The molecule has 0 bridgehead atoms. The van der Waals surface area contributed by atoms with Crippen molar-refractivity contribution in [2.45, 2.75) is 70.7 Å². The molecule has 0 saturated carbocycles. The first-order valence-electron chi connectivity index (χ1n) is 10.6. The summed E-state index contributed by atoms with van der Waals surface area (Å²) in [5, 5.41) is 0. The van der Waals surface area contributed by atoms with Crippen LogP contribution in [0.2, 0.25) is 0 Å². The van der Waals surface area contributed by atoms with Crippen LogP contribution in [0, 0.1) is 18.3 Å². The van der Waals surface area contributed by atoms with E-state index in [0.29, 0.717) is 24.5 Å². The Balaban J connectivity index is 1.96. The smallest absolute Gasteiger partial charge is 0.329 e. The number of nitrogens with zero attached hydrogens (tertiary/aromatic N) is 1. The van der Waals surface area contributed by atoms with E-state index >= 15 is 0 Å². The molecule has 30 heavy (non-hydrogen) atoms. The fourth-order valence-corrected chi connectivity index (χ4v) is 6.02. The highest BCUT2D eigenvalue weighted by Crippen LogP contribution is 2.40. The summed E-state index contributed by atoms with van der Waals surface area (Å²) in [6, 6.07) is 5.93. The zero-order valence-corrected chi connectivity index (χ0v) is 19.5. The number of hydrogen-bond acceptors (Lipinski definition) is 4. The summed E-state index contributed by atoms with van der Waals surface area (Å²) in [6.45, 7) is 8.71. The van der Waals surface area contributed by atoms with Gasteiger partial charge >= 0.3 is 5.97 Å². The number of aryl methyl sites for hydroxylation is 1. The molecule has 0 amide bonds. The van der Waals surface area contributed by atoms with Crippen LogP contribution < -0.4 is 0 Å². The first-order chi connectivity index (χ1) is 14.0. The van der Waals surface area contributed by atoms with Gasteiger partial charge in [-0.25, -0.2) is 13.2 Å². The maximum Gasteiger partial charge on any atom is 0.329 e. The molecule has 1 aliphatic carbocycles. The van der Waals surface area contributed by atoms with Crippen LogP contribution in [-0.2, 0) is 19.6 Å². The summed E-state index contributed by atoms with van der Waals surface area (Å²) in [5.74, 6) is 0.109. The van der Waals surface area contributed by atoms with Crippen LogP contribution in [-0.4, -0.2) is 31.8 Å². The summed E-state index contributed by atoms with van der Waals surface area (Å²) in [6.07, 6.45) is 8.18. The largest absolute Gasteiger partial charge is 0.467 e. The molecule has 0 N–H and O–H groups in total. The van der Waals surface area contributed by atoms with Crippen LogP contribution in [0.15, 0.2) is 52.6 Å². The van der Waals surface area contributed by atoms with Gasteiger partial charge in [0, 0.05) is 5.70 Å². The molecular weight excluding hydrogens is 398 g/mol. The van der Waals surface area contributed by atoms with Gasteiger partial charge in [-0.2, -0.15) is 0 Å². The number of sulfonamides is 1. The van der Waals surface area contributed by atoms with E-state index in [1.165, 1.54) is 11.4 Å². The summed E-state index contributed by atoms with van der Waals surface area (Å²) in [4.78, 5) is 12.6. The number of esters is 1. The van der Waals surface area contributed by atoms with Gasteiger partial charge in [-0.1, -0.05) is 50.1 Å². The predicted octanol–water partition coefficient (Wildman–Crippen LogP) is 4.98. The van der Waals surface area contributed by atoms with Gasteiger partial charge < -0.3 is 4.74 Å². The van der Waals surface area contributed by atoms with Crippen molar-refractivity contribution in [2.24, 2.45) is 11.3 Å². The van der Waals surface area contributed by atoms with Gasteiger partial charge in [0.2, 0.25) is 0 Å². The Hall–Kier alpha value is -2.08. The molecule has 2 atom stereocenters. The molecule has 164 valence electrons. The van der Waals surface area contributed by atoms with Crippen molar-refractivity contribution in [1.29, 1.82) is 0 Å². The summed E-state index contributed by atoms with van der Waals surface area (Å²) in [5.41, 5.74) is 3.07. The molecule has 1 aromatic rings. The second-order valence-electron chi connectivity index (χ2n) is 9.44. The average molecular weight is 432 g/mol. The summed E-state index contributed by atoms with van der Waals surface area (Å²) in [7, 11) is -2.55. The third kappa shape index (κ3) is 4.64. The second-order valence-corrected chi connectivity index (χ2v) is 11.3. The number of ether oxygens (including phenoxy) is 1. The van der Waals surface area contributed by atoms with Crippen molar-refractivity contribution in [3.63, 3.8) is 0 Å². The number of hydrogen-bond donors (Lipinski definition) is 0. The molecule has 0 aromatic heterocycles. The standard InChI is InChI=1S/C24H33NO4S/c1-17-6-13-21(14-7-17)30(27,28)25-20(12-15-22(25)23(26)29-5)16-18-8-10-19(11-9-18)24(2,3)4/h6-8,13-14,16,19,22H,9-12,15H2,1-5H3/b20-16+/t19?,22-/m1/s1. The van der Waals surface area contributed by atoms with Gasteiger partial charge in [0.15, 0.2) is 0 Å². The van der Waals surface area contributed by atoms with Crippen LogP contribution in [0.5, 0.6) is 0 Å². The third-order valence-corrected chi connectivity index (χ3v) is 8.19. The van der Waals surface area contributed by atoms with Gasteiger partial charge in [0.25, 0.3) is 10.0 Å². The van der Waals surface area contributed by atoms with E-state index in [2.05, 4.69) is 26.8 Å². The molecule has 3 rings (SSSR count). The van der Waals surface area contributed by atoms with Crippen LogP contribution in [0.4, 0.5) is 0 Å². The fraction of sp³-hybridized carbons (Fsp3) is 0.542. The SMILES string of the molecule is COC(=O)[C@H]1CC/C(=C\C2=CCC(C(C)(C)C)CC2)N1S(=O)(=O)c1ccc(C)cc1. The lowest BCUT2D eigenvalue weighted by atomic mass is 9.73. The Labute approximate surface area is 180 Å². The highest BCUT2D eigenvalue weighted by Gasteiger charge is 2.42. The van der Waals surface area contributed by atoms with E-state index in [1.807, 2.05) is 13.0 Å². The Morgan fingerprint density at radius 1 is 1.13 bits per heavy atom. The lowest BCUT2D eigenvalue weighted by Crippen LogP contribution is -2.40. The van der Waals surface area contributed by atoms with E-state index in [9.17, 15) is 13.2 Å². The Bertz CT molecular complexity index is 952. The van der Waals surface area contributed by atoms with E-state index < -0.39 is 22.0 Å². The minimum Gasteiger partial charge on any atom is -0.467 e. The molecule has 0 spiro atoms. The van der Waals surface area contributed by atoms with Crippen LogP contribution in [0.1, 0.15) is 58.4 Å². The number of methoxy groups -OCH3 is 1. The monoisotopic (exact) mass is 431 g/mol. The van der Waals surface area contributed by atoms with Crippen molar-refractivity contribution < 1.29 is 17.9 Å². The third-order valence-electron chi connectivity index (χ3n) is 6.31. The van der Waals surface area contributed by atoms with Crippen LogP contribution >= 0.6 is 0 Å². The number of carbonyl (C=O) groups is 1. The molecule has 5 nitrogen and oxygen atoms in total. The quantitative estimate of drug-likeness (QED) is 0.631. The summed E-state index contributed by atoms with van der Waals surface area (Å²) < 4.78 is 33.1. The molecular formula is C24H33NO4S. The number of allylic oxidation sites excluding steroid dienone is 4. The second kappa shape index (κ2) is 8.58. The minimum atomic E-state index is -3.86. The Morgan fingerprint density at radius 3 is 2.33 bits per heavy atom. The lowest BCUT2D eigenvalue weighted by molar-refractivity contribution is -0.144. The molecule has 0 radical (unpaired) electrons. The topological polar surface area (TPSA) is 63.7 Å². The van der Waals surface area contributed by atoms with E-state index in [4.69, 9.17) is 4.74 Å². The average Bonchev–Trinajstić information content (AvgIpc) is 3.12. The van der Waals surface area contributed by atoms with Crippen molar-refractivity contribution in [3.05, 3.63) is 53.3 Å². The number of benzene rings is 1. The van der Waals surface area contributed by atoms with Gasteiger partial charge in [-0.15, -0.1) is 0 Å². The molecule has 1 aliphatic heterocycles. The first kappa shape index (κ1) is 22.6. The maximum atomic E-state index is 13.5. The summed E-state index contributed by atoms with van der Waals surface area (Å²) >= 11 is 0. The molecule has 1 saturated heterocycles. The van der Waals surface area contributed by atoms with Crippen molar-refractivity contribution in [2.75, 3.05) is 7.11 Å². The van der Waals surface area contributed by atoms with Crippen molar-refractivity contribution in [1.82, 2.24) is 4.31 Å². The normalized spacial score (nSPS) is 24.1.